The van der Waals surface area contributed by atoms with Gasteiger partial charge in [0.25, 0.3) is 0 Å². The van der Waals surface area contributed by atoms with Crippen LogP contribution in [0.4, 0.5) is 17.1 Å². The number of oxazole rings is 1. The fourth-order valence-electron chi connectivity index (χ4n) is 7.14. The number of aromatic nitrogens is 1. The molecule has 0 fully saturated rings. The predicted molar refractivity (Wildman–Crippen MR) is 210 cm³/mol. The molecule has 4 nitrogen and oxygen atoms in total. The first-order chi connectivity index (χ1) is 25.2. The zero-order chi connectivity index (χ0) is 33.7. The lowest BCUT2D eigenvalue weighted by molar-refractivity contribution is 0.620. The highest BCUT2D eigenvalue weighted by Gasteiger charge is 2.18. The molecule has 0 saturated heterocycles. The Morgan fingerprint density at radius 3 is 1.76 bits per heavy atom. The van der Waals surface area contributed by atoms with Gasteiger partial charge in [0.1, 0.15) is 16.7 Å². The van der Waals surface area contributed by atoms with Crippen molar-refractivity contribution < 1.29 is 8.83 Å². The molecule has 0 radical (unpaired) electrons. The smallest absolute Gasteiger partial charge is 0.227 e. The summed E-state index contributed by atoms with van der Waals surface area (Å²) in [5.41, 5.74) is 11.9. The van der Waals surface area contributed by atoms with Crippen LogP contribution in [0, 0.1) is 0 Å². The van der Waals surface area contributed by atoms with Crippen molar-refractivity contribution in [3.05, 3.63) is 182 Å². The van der Waals surface area contributed by atoms with Crippen LogP contribution in [0.3, 0.4) is 0 Å². The first kappa shape index (κ1) is 29.0. The Morgan fingerprint density at radius 1 is 0.392 bits per heavy atom. The van der Waals surface area contributed by atoms with Gasteiger partial charge in [-0.1, -0.05) is 121 Å². The molecule has 2 aromatic heterocycles. The Kier molecular flexibility index (Phi) is 6.78. The molecule has 0 aliphatic carbocycles. The van der Waals surface area contributed by atoms with E-state index in [2.05, 4.69) is 144 Å². The van der Waals surface area contributed by atoms with E-state index in [1.54, 1.807) is 0 Å². The second kappa shape index (κ2) is 11.9. The van der Waals surface area contributed by atoms with E-state index in [9.17, 15) is 0 Å². The molecule has 0 aliphatic rings. The number of para-hydroxylation sites is 1. The third-order valence-electron chi connectivity index (χ3n) is 9.69. The molecular weight excluding hydrogens is 625 g/mol. The Bertz CT molecular complexity index is 2840. The average Bonchev–Trinajstić information content (AvgIpc) is 3.79. The van der Waals surface area contributed by atoms with Crippen molar-refractivity contribution in [3.63, 3.8) is 0 Å². The van der Waals surface area contributed by atoms with Crippen molar-refractivity contribution in [1.29, 1.82) is 0 Å². The molecule has 0 atom stereocenters. The van der Waals surface area contributed by atoms with Crippen molar-refractivity contribution in [3.8, 4) is 33.7 Å². The topological polar surface area (TPSA) is 42.4 Å². The van der Waals surface area contributed by atoms with Crippen LogP contribution in [0.5, 0.6) is 0 Å². The fourth-order valence-corrected chi connectivity index (χ4v) is 7.14. The minimum absolute atomic E-state index is 0.605. The first-order valence-electron chi connectivity index (χ1n) is 17.1. The molecule has 0 saturated carbocycles. The van der Waals surface area contributed by atoms with Crippen molar-refractivity contribution in [2.24, 2.45) is 0 Å². The summed E-state index contributed by atoms with van der Waals surface area (Å²) in [5, 5.41) is 4.47. The molecule has 0 bridgehead atoms. The number of nitrogens with zero attached hydrogens (tertiary/aromatic N) is 2. The van der Waals surface area contributed by atoms with E-state index >= 15 is 0 Å². The van der Waals surface area contributed by atoms with E-state index in [4.69, 9.17) is 13.8 Å². The molecule has 2 heterocycles. The molecule has 10 aromatic rings. The third kappa shape index (κ3) is 5.13. The van der Waals surface area contributed by atoms with Crippen LogP contribution in [-0.4, -0.2) is 4.98 Å². The Balaban J connectivity index is 1.04. The second-order valence-electron chi connectivity index (χ2n) is 12.8. The molecule has 0 aliphatic heterocycles. The van der Waals surface area contributed by atoms with Gasteiger partial charge < -0.3 is 13.7 Å². The number of hydrogen-bond acceptors (Lipinski definition) is 4. The van der Waals surface area contributed by atoms with E-state index in [1.807, 2.05) is 42.5 Å². The molecule has 10 rings (SSSR count). The highest BCUT2D eigenvalue weighted by Crippen LogP contribution is 2.41. The van der Waals surface area contributed by atoms with E-state index in [0.29, 0.717) is 5.89 Å². The molecule has 0 N–H and O–H groups in total. The largest absolute Gasteiger partial charge is 0.455 e. The van der Waals surface area contributed by atoms with Crippen molar-refractivity contribution >= 4 is 60.9 Å². The zero-order valence-electron chi connectivity index (χ0n) is 27.5. The molecule has 8 aromatic carbocycles. The second-order valence-corrected chi connectivity index (χ2v) is 12.8. The lowest BCUT2D eigenvalue weighted by Crippen LogP contribution is -2.09. The lowest BCUT2D eigenvalue weighted by Gasteiger charge is -2.26. The van der Waals surface area contributed by atoms with Gasteiger partial charge >= 0.3 is 0 Å². The first-order valence-corrected chi connectivity index (χ1v) is 17.1. The van der Waals surface area contributed by atoms with Crippen molar-refractivity contribution in [1.82, 2.24) is 4.98 Å². The number of hydrogen-bond donors (Lipinski definition) is 0. The van der Waals surface area contributed by atoms with Gasteiger partial charge in [-0.15, -0.1) is 0 Å². The summed E-state index contributed by atoms with van der Waals surface area (Å²) in [5.74, 6) is 0.605. The van der Waals surface area contributed by atoms with E-state index in [-0.39, 0.29) is 0 Å². The van der Waals surface area contributed by atoms with Crippen LogP contribution in [0.25, 0.3) is 77.5 Å². The Hall–Kier alpha value is -6.91. The highest BCUT2D eigenvalue weighted by atomic mass is 16.4. The van der Waals surface area contributed by atoms with Gasteiger partial charge in [-0.25, -0.2) is 4.98 Å². The molecule has 51 heavy (non-hydrogen) atoms. The van der Waals surface area contributed by atoms with Gasteiger partial charge in [0.05, 0.1) is 0 Å². The van der Waals surface area contributed by atoms with E-state index < -0.39 is 0 Å². The number of rotatable bonds is 6. The maximum Gasteiger partial charge on any atom is 0.227 e. The highest BCUT2D eigenvalue weighted by molar-refractivity contribution is 6.12. The van der Waals surface area contributed by atoms with Crippen LogP contribution >= 0.6 is 0 Å². The van der Waals surface area contributed by atoms with Gasteiger partial charge in [0.15, 0.2) is 5.58 Å². The summed E-state index contributed by atoms with van der Waals surface area (Å²) in [6, 6.07) is 63.5. The van der Waals surface area contributed by atoms with Crippen LogP contribution in [0.1, 0.15) is 0 Å². The van der Waals surface area contributed by atoms with Crippen molar-refractivity contribution in [2.45, 2.75) is 0 Å². The number of fused-ring (bicyclic) bond motifs is 5. The number of anilines is 3. The van der Waals surface area contributed by atoms with E-state index in [1.165, 1.54) is 21.9 Å². The molecule has 240 valence electrons. The van der Waals surface area contributed by atoms with Crippen LogP contribution in [-0.2, 0) is 0 Å². The van der Waals surface area contributed by atoms with Gasteiger partial charge in [-0.2, -0.15) is 0 Å². The average molecular weight is 655 g/mol. The summed E-state index contributed by atoms with van der Waals surface area (Å²) in [7, 11) is 0. The fraction of sp³-hybridized carbons (Fsp3) is 0. The third-order valence-corrected chi connectivity index (χ3v) is 9.69. The number of benzene rings is 8. The van der Waals surface area contributed by atoms with Crippen LogP contribution in [0.15, 0.2) is 191 Å². The molecular formula is C47H30N2O2. The SMILES string of the molecule is c1ccc(-c2ccc(N(c3ccc(-c4cccc5c4oc4cc6nc(-c7ccccc7)oc6cc45)cc3)c3ccc4ccccc4c3)cc2)cc1. The minimum atomic E-state index is 0.605. The maximum atomic E-state index is 6.57. The monoisotopic (exact) mass is 654 g/mol. The molecule has 0 amide bonds. The summed E-state index contributed by atoms with van der Waals surface area (Å²) >= 11 is 0. The maximum absolute atomic E-state index is 6.57. The van der Waals surface area contributed by atoms with Gasteiger partial charge in [-0.05, 0) is 82.1 Å². The molecule has 0 unspecified atom stereocenters. The quantitative estimate of drug-likeness (QED) is 0.179. The Labute approximate surface area is 294 Å². The van der Waals surface area contributed by atoms with E-state index in [0.717, 1.165) is 66.8 Å². The van der Waals surface area contributed by atoms with Gasteiger partial charge in [-0.3, -0.25) is 0 Å². The molecule has 4 heteroatoms. The standard InChI is InChI=1S/C47H30N2O2/c1-3-10-31(11-4-1)33-18-23-37(24-19-33)49(39-27-20-32-12-7-8-15-36(32)28-39)38-25-21-34(22-26-38)40-16-9-17-41-42-29-45-43(30-44(42)50-46(40)41)48-47(51-45)35-13-5-2-6-14-35/h1-30H. The number of furan rings is 1. The minimum Gasteiger partial charge on any atom is -0.455 e. The summed E-state index contributed by atoms with van der Waals surface area (Å²) in [6.45, 7) is 0. The summed E-state index contributed by atoms with van der Waals surface area (Å²) in [6.07, 6.45) is 0. The lowest BCUT2D eigenvalue weighted by atomic mass is 10.0. The van der Waals surface area contributed by atoms with Gasteiger partial charge in [0.2, 0.25) is 5.89 Å². The van der Waals surface area contributed by atoms with Crippen LogP contribution < -0.4 is 4.90 Å². The Morgan fingerprint density at radius 2 is 1.02 bits per heavy atom. The van der Waals surface area contributed by atoms with Crippen LogP contribution in [0.2, 0.25) is 0 Å². The normalized spacial score (nSPS) is 11.5. The van der Waals surface area contributed by atoms with Gasteiger partial charge in [0, 0.05) is 45.0 Å². The predicted octanol–water partition coefficient (Wildman–Crippen LogP) is 13.4. The summed E-state index contributed by atoms with van der Waals surface area (Å²) < 4.78 is 12.8. The zero-order valence-corrected chi connectivity index (χ0v) is 27.5. The molecule has 0 spiro atoms. The van der Waals surface area contributed by atoms with Crippen molar-refractivity contribution in [2.75, 3.05) is 4.90 Å². The summed E-state index contributed by atoms with van der Waals surface area (Å²) in [4.78, 5) is 7.08.